The first kappa shape index (κ1) is 14.5. The Morgan fingerprint density at radius 2 is 2.00 bits per heavy atom. The lowest BCUT2D eigenvalue weighted by Gasteiger charge is -2.26. The van der Waals surface area contributed by atoms with Crippen LogP contribution < -0.4 is 5.73 Å². The van der Waals surface area contributed by atoms with Crippen molar-refractivity contribution in [3.8, 4) is 0 Å². The number of carbonyl (C=O) groups is 1. The predicted molar refractivity (Wildman–Crippen MR) is 71.7 cm³/mol. The third-order valence-electron chi connectivity index (χ3n) is 3.89. The highest BCUT2D eigenvalue weighted by Gasteiger charge is 2.19. The molecule has 2 N–H and O–H groups in total. The van der Waals surface area contributed by atoms with Gasteiger partial charge in [-0.1, -0.05) is 45.4 Å². The van der Waals surface area contributed by atoms with Gasteiger partial charge in [0, 0.05) is 13.6 Å². The summed E-state index contributed by atoms with van der Waals surface area (Å²) in [5.41, 5.74) is 5.85. The number of nitrogens with two attached hydrogens (primary N) is 1. The molecule has 0 radical (unpaired) electrons. The number of amides is 1. The molecular formula is C14H28N2O. The van der Waals surface area contributed by atoms with Crippen LogP contribution in [0.1, 0.15) is 58.3 Å². The Morgan fingerprint density at radius 1 is 1.35 bits per heavy atom. The van der Waals surface area contributed by atoms with Crippen molar-refractivity contribution in [2.24, 2.45) is 11.7 Å². The van der Waals surface area contributed by atoms with Crippen LogP contribution in [0.5, 0.6) is 0 Å². The highest BCUT2D eigenvalue weighted by atomic mass is 16.2. The van der Waals surface area contributed by atoms with Crippen LogP contribution in [0.3, 0.4) is 0 Å². The van der Waals surface area contributed by atoms with Gasteiger partial charge in [-0.05, 0) is 18.8 Å². The molecule has 1 atom stereocenters. The van der Waals surface area contributed by atoms with Crippen molar-refractivity contribution in [3.05, 3.63) is 0 Å². The average Bonchev–Trinajstić information content (AvgIpc) is 2.36. The zero-order valence-electron chi connectivity index (χ0n) is 11.5. The fourth-order valence-electron chi connectivity index (χ4n) is 2.68. The van der Waals surface area contributed by atoms with Crippen LogP contribution in [0, 0.1) is 5.92 Å². The summed E-state index contributed by atoms with van der Waals surface area (Å²) in [6.45, 7) is 2.94. The molecule has 0 aliphatic heterocycles. The van der Waals surface area contributed by atoms with E-state index in [4.69, 9.17) is 5.73 Å². The van der Waals surface area contributed by atoms with E-state index in [1.807, 2.05) is 11.9 Å². The first-order valence-electron chi connectivity index (χ1n) is 7.15. The van der Waals surface area contributed by atoms with Gasteiger partial charge in [0.2, 0.25) is 5.91 Å². The van der Waals surface area contributed by atoms with E-state index in [0.717, 1.165) is 31.7 Å². The third-order valence-corrected chi connectivity index (χ3v) is 3.89. The van der Waals surface area contributed by atoms with Crippen molar-refractivity contribution in [3.63, 3.8) is 0 Å². The highest BCUT2D eigenvalue weighted by Crippen LogP contribution is 2.26. The van der Waals surface area contributed by atoms with Crippen LogP contribution in [0.15, 0.2) is 0 Å². The quantitative estimate of drug-likeness (QED) is 0.775. The minimum absolute atomic E-state index is 0.114. The molecular weight excluding hydrogens is 212 g/mol. The zero-order valence-corrected chi connectivity index (χ0v) is 11.5. The van der Waals surface area contributed by atoms with Crippen LogP contribution in [-0.2, 0) is 4.79 Å². The van der Waals surface area contributed by atoms with Crippen molar-refractivity contribution in [2.75, 3.05) is 13.6 Å². The Bertz CT molecular complexity index is 224. The molecule has 0 heterocycles. The van der Waals surface area contributed by atoms with Gasteiger partial charge in [0.15, 0.2) is 0 Å². The standard InChI is InChI=1S/C14H28N2O/c1-3-7-13(15)14(17)16(2)11-10-12-8-5-4-6-9-12/h12-13H,3-11,15H2,1-2H3. The number of nitrogens with zero attached hydrogens (tertiary/aromatic N) is 1. The molecule has 1 fully saturated rings. The van der Waals surface area contributed by atoms with E-state index < -0.39 is 0 Å². The molecule has 0 saturated heterocycles. The predicted octanol–water partition coefficient (Wildman–Crippen LogP) is 2.54. The summed E-state index contributed by atoms with van der Waals surface area (Å²) in [5.74, 6) is 0.948. The zero-order chi connectivity index (χ0) is 12.7. The second-order valence-electron chi connectivity index (χ2n) is 5.45. The van der Waals surface area contributed by atoms with Gasteiger partial charge < -0.3 is 10.6 Å². The summed E-state index contributed by atoms with van der Waals surface area (Å²) in [6, 6.07) is -0.295. The van der Waals surface area contributed by atoms with E-state index in [1.165, 1.54) is 32.1 Å². The summed E-state index contributed by atoms with van der Waals surface area (Å²) < 4.78 is 0. The van der Waals surface area contributed by atoms with Crippen LogP contribution >= 0.6 is 0 Å². The van der Waals surface area contributed by atoms with E-state index in [-0.39, 0.29) is 11.9 Å². The molecule has 0 aromatic rings. The Labute approximate surface area is 106 Å². The maximum absolute atomic E-state index is 11.9. The lowest BCUT2D eigenvalue weighted by molar-refractivity contribution is -0.131. The Balaban J connectivity index is 2.23. The largest absolute Gasteiger partial charge is 0.344 e. The second-order valence-corrected chi connectivity index (χ2v) is 5.45. The molecule has 1 unspecified atom stereocenters. The first-order valence-corrected chi connectivity index (χ1v) is 7.15. The minimum atomic E-state index is -0.295. The van der Waals surface area contributed by atoms with Gasteiger partial charge in [0.1, 0.15) is 0 Å². The van der Waals surface area contributed by atoms with Crippen LogP contribution in [0.25, 0.3) is 0 Å². The topological polar surface area (TPSA) is 46.3 Å². The first-order chi connectivity index (χ1) is 8.15. The number of hydrogen-bond acceptors (Lipinski definition) is 2. The molecule has 1 saturated carbocycles. The Morgan fingerprint density at radius 3 is 2.59 bits per heavy atom. The molecule has 3 heteroatoms. The molecule has 1 aliphatic carbocycles. The van der Waals surface area contributed by atoms with Crippen LogP contribution in [0.4, 0.5) is 0 Å². The van der Waals surface area contributed by atoms with Crippen molar-refractivity contribution in [1.82, 2.24) is 4.90 Å². The lowest BCUT2D eigenvalue weighted by atomic mass is 9.87. The van der Waals surface area contributed by atoms with Crippen molar-refractivity contribution >= 4 is 5.91 Å². The SMILES string of the molecule is CCCC(N)C(=O)N(C)CCC1CCCCC1. The summed E-state index contributed by atoms with van der Waals surface area (Å²) in [7, 11) is 1.89. The fourth-order valence-corrected chi connectivity index (χ4v) is 2.68. The molecule has 17 heavy (non-hydrogen) atoms. The summed E-state index contributed by atoms with van der Waals surface area (Å²) in [4.78, 5) is 13.7. The lowest BCUT2D eigenvalue weighted by Crippen LogP contribution is -2.42. The van der Waals surface area contributed by atoms with Gasteiger partial charge in [-0.3, -0.25) is 4.79 Å². The van der Waals surface area contributed by atoms with Gasteiger partial charge in [-0.25, -0.2) is 0 Å². The third kappa shape index (κ3) is 5.07. The van der Waals surface area contributed by atoms with E-state index in [9.17, 15) is 4.79 Å². The van der Waals surface area contributed by atoms with Gasteiger partial charge in [-0.2, -0.15) is 0 Å². The summed E-state index contributed by atoms with van der Waals surface area (Å²) in [5, 5.41) is 0. The molecule has 3 nitrogen and oxygen atoms in total. The molecule has 1 amide bonds. The Kier molecular flexibility index (Phi) is 6.56. The van der Waals surface area contributed by atoms with Gasteiger partial charge in [-0.15, -0.1) is 0 Å². The molecule has 0 aromatic heterocycles. The van der Waals surface area contributed by atoms with E-state index >= 15 is 0 Å². The molecule has 1 aliphatic rings. The highest BCUT2D eigenvalue weighted by molar-refractivity contribution is 5.81. The van der Waals surface area contributed by atoms with Gasteiger partial charge >= 0.3 is 0 Å². The monoisotopic (exact) mass is 240 g/mol. The number of carbonyl (C=O) groups excluding carboxylic acids is 1. The summed E-state index contributed by atoms with van der Waals surface area (Å²) >= 11 is 0. The van der Waals surface area contributed by atoms with Crippen LogP contribution in [0.2, 0.25) is 0 Å². The molecule has 0 spiro atoms. The van der Waals surface area contributed by atoms with Gasteiger partial charge in [0.05, 0.1) is 6.04 Å². The van der Waals surface area contributed by atoms with Gasteiger partial charge in [0.25, 0.3) is 0 Å². The molecule has 0 aromatic carbocycles. The number of likely N-dealkylation sites (N-methyl/N-ethyl adjacent to an activating group) is 1. The molecule has 1 rings (SSSR count). The van der Waals surface area contributed by atoms with E-state index in [0.29, 0.717) is 0 Å². The van der Waals surface area contributed by atoms with Crippen molar-refractivity contribution < 1.29 is 4.79 Å². The van der Waals surface area contributed by atoms with Crippen molar-refractivity contribution in [1.29, 1.82) is 0 Å². The minimum Gasteiger partial charge on any atom is -0.344 e. The van der Waals surface area contributed by atoms with Crippen LogP contribution in [-0.4, -0.2) is 30.4 Å². The van der Waals surface area contributed by atoms with Crippen molar-refractivity contribution in [2.45, 2.75) is 64.3 Å². The molecule has 100 valence electrons. The average molecular weight is 240 g/mol. The van der Waals surface area contributed by atoms with E-state index in [1.54, 1.807) is 0 Å². The normalized spacial score (nSPS) is 19.0. The second kappa shape index (κ2) is 7.70. The maximum atomic E-state index is 11.9. The number of rotatable bonds is 6. The summed E-state index contributed by atoms with van der Waals surface area (Å²) in [6.07, 6.45) is 9.77. The molecule has 0 bridgehead atoms. The smallest absolute Gasteiger partial charge is 0.239 e. The maximum Gasteiger partial charge on any atom is 0.239 e. The van der Waals surface area contributed by atoms with E-state index in [2.05, 4.69) is 6.92 Å². The Hall–Kier alpha value is -0.570. The number of hydrogen-bond donors (Lipinski definition) is 1. The fraction of sp³-hybridized carbons (Fsp3) is 0.929.